The number of hydrogen-bond donors (Lipinski definition) is 1. The van der Waals surface area contributed by atoms with Crippen LogP contribution in [0.25, 0.3) is 11.0 Å². The Labute approximate surface area is 118 Å². The first kappa shape index (κ1) is 13.6. The van der Waals surface area contributed by atoms with Crippen molar-refractivity contribution in [3.05, 3.63) is 35.8 Å². The molecule has 1 aliphatic heterocycles. The molecule has 1 aromatic carbocycles. The molecule has 0 radical (unpaired) electrons. The van der Waals surface area contributed by atoms with Crippen LogP contribution in [0.2, 0.25) is 0 Å². The van der Waals surface area contributed by atoms with Crippen molar-refractivity contribution in [2.75, 3.05) is 13.2 Å². The van der Waals surface area contributed by atoms with Gasteiger partial charge in [0.2, 0.25) is 0 Å². The molecule has 1 N–H and O–H groups in total. The zero-order valence-corrected chi connectivity index (χ0v) is 11.9. The lowest BCUT2D eigenvalue weighted by Gasteiger charge is -2.24. The molecule has 108 valence electrons. The first-order chi connectivity index (χ1) is 9.70. The topological polar surface area (TPSA) is 34.4 Å². The molecule has 1 aliphatic rings. The Balaban J connectivity index is 1.98. The maximum Gasteiger partial charge on any atom is 0.169 e. The minimum absolute atomic E-state index is 0.0734. The standard InChI is InChI=1S/C16H20FNO2/c1-3-18-15(12-7-8-19-10(12)2)14-9-11-5-4-6-13(17)16(11)20-14/h4-6,9-10,12,15,18H,3,7-8H2,1-2H3. The first-order valence-corrected chi connectivity index (χ1v) is 7.23. The Bertz CT molecular complexity index is 595. The fourth-order valence-corrected chi connectivity index (χ4v) is 3.07. The Morgan fingerprint density at radius 3 is 2.95 bits per heavy atom. The van der Waals surface area contributed by atoms with Crippen LogP contribution in [0.3, 0.4) is 0 Å². The normalized spacial score (nSPS) is 24.4. The number of furan rings is 1. The monoisotopic (exact) mass is 277 g/mol. The number of para-hydroxylation sites is 1. The second-order valence-corrected chi connectivity index (χ2v) is 5.37. The lowest BCUT2D eigenvalue weighted by Crippen LogP contribution is -2.31. The summed E-state index contributed by atoms with van der Waals surface area (Å²) < 4.78 is 25.2. The van der Waals surface area contributed by atoms with Gasteiger partial charge in [0, 0.05) is 17.9 Å². The van der Waals surface area contributed by atoms with Gasteiger partial charge in [-0.15, -0.1) is 0 Å². The summed E-state index contributed by atoms with van der Waals surface area (Å²) in [6.45, 7) is 5.78. The van der Waals surface area contributed by atoms with Crippen LogP contribution >= 0.6 is 0 Å². The van der Waals surface area contributed by atoms with Crippen LogP contribution in [0.15, 0.2) is 28.7 Å². The molecule has 1 aromatic heterocycles. The molecule has 2 aromatic rings. The maximum atomic E-state index is 13.8. The quantitative estimate of drug-likeness (QED) is 0.926. The van der Waals surface area contributed by atoms with E-state index in [1.807, 2.05) is 12.1 Å². The van der Waals surface area contributed by atoms with Crippen molar-refractivity contribution in [1.82, 2.24) is 5.32 Å². The van der Waals surface area contributed by atoms with Crippen molar-refractivity contribution in [2.45, 2.75) is 32.4 Å². The third kappa shape index (κ3) is 2.34. The summed E-state index contributed by atoms with van der Waals surface area (Å²) in [5.41, 5.74) is 0.344. The second-order valence-electron chi connectivity index (χ2n) is 5.37. The average molecular weight is 277 g/mol. The molecule has 0 aliphatic carbocycles. The molecule has 0 spiro atoms. The summed E-state index contributed by atoms with van der Waals surface area (Å²) in [4.78, 5) is 0. The van der Waals surface area contributed by atoms with E-state index in [4.69, 9.17) is 9.15 Å². The number of nitrogens with one attached hydrogen (secondary N) is 1. The van der Waals surface area contributed by atoms with Gasteiger partial charge in [-0.1, -0.05) is 19.1 Å². The van der Waals surface area contributed by atoms with Gasteiger partial charge in [-0.05, 0) is 32.0 Å². The van der Waals surface area contributed by atoms with Gasteiger partial charge < -0.3 is 14.5 Å². The minimum atomic E-state index is -0.306. The summed E-state index contributed by atoms with van der Waals surface area (Å²) in [6, 6.07) is 7.03. The predicted molar refractivity (Wildman–Crippen MR) is 76.1 cm³/mol. The molecule has 0 bridgehead atoms. The van der Waals surface area contributed by atoms with Crippen molar-refractivity contribution in [2.24, 2.45) is 5.92 Å². The van der Waals surface area contributed by atoms with Crippen molar-refractivity contribution >= 4 is 11.0 Å². The van der Waals surface area contributed by atoms with Gasteiger partial charge >= 0.3 is 0 Å². The summed E-state index contributed by atoms with van der Waals surface area (Å²) >= 11 is 0. The zero-order chi connectivity index (χ0) is 14.1. The summed E-state index contributed by atoms with van der Waals surface area (Å²) in [5.74, 6) is 0.854. The van der Waals surface area contributed by atoms with Crippen LogP contribution in [-0.2, 0) is 4.74 Å². The van der Waals surface area contributed by atoms with E-state index >= 15 is 0 Å². The molecule has 20 heavy (non-hydrogen) atoms. The van der Waals surface area contributed by atoms with Crippen LogP contribution in [-0.4, -0.2) is 19.3 Å². The molecule has 0 saturated carbocycles. The average Bonchev–Trinajstić information content (AvgIpc) is 3.03. The van der Waals surface area contributed by atoms with Gasteiger partial charge in [-0.2, -0.15) is 0 Å². The Morgan fingerprint density at radius 2 is 2.30 bits per heavy atom. The third-order valence-corrected chi connectivity index (χ3v) is 4.11. The van der Waals surface area contributed by atoms with E-state index in [0.717, 1.165) is 30.7 Å². The molecule has 1 fully saturated rings. The number of fused-ring (bicyclic) bond motifs is 1. The molecule has 3 unspecified atom stereocenters. The molecule has 1 saturated heterocycles. The SMILES string of the molecule is CCNC(c1cc2cccc(F)c2o1)C1CCOC1C. The van der Waals surface area contributed by atoms with Gasteiger partial charge in [0.15, 0.2) is 11.4 Å². The van der Waals surface area contributed by atoms with Gasteiger partial charge in [-0.3, -0.25) is 0 Å². The largest absolute Gasteiger partial charge is 0.456 e. The van der Waals surface area contributed by atoms with Crippen molar-refractivity contribution < 1.29 is 13.5 Å². The molecular weight excluding hydrogens is 257 g/mol. The van der Waals surface area contributed by atoms with E-state index in [9.17, 15) is 4.39 Å². The van der Waals surface area contributed by atoms with Gasteiger partial charge in [0.25, 0.3) is 0 Å². The minimum Gasteiger partial charge on any atom is -0.456 e. The Morgan fingerprint density at radius 1 is 1.45 bits per heavy atom. The summed E-state index contributed by atoms with van der Waals surface area (Å²) in [5, 5.41) is 4.27. The second kappa shape index (κ2) is 5.54. The van der Waals surface area contributed by atoms with Gasteiger partial charge in [0.1, 0.15) is 5.76 Å². The van der Waals surface area contributed by atoms with Crippen LogP contribution in [0.5, 0.6) is 0 Å². The van der Waals surface area contributed by atoms with Crippen LogP contribution in [0, 0.1) is 11.7 Å². The summed E-state index contributed by atoms with van der Waals surface area (Å²) in [6.07, 6.45) is 1.19. The van der Waals surface area contributed by atoms with Crippen molar-refractivity contribution in [3.63, 3.8) is 0 Å². The Kier molecular flexibility index (Phi) is 3.76. The number of ether oxygens (including phenoxy) is 1. The van der Waals surface area contributed by atoms with Crippen LogP contribution in [0.4, 0.5) is 4.39 Å². The fourth-order valence-electron chi connectivity index (χ4n) is 3.07. The molecule has 4 heteroatoms. The first-order valence-electron chi connectivity index (χ1n) is 7.23. The lowest BCUT2D eigenvalue weighted by atomic mass is 9.91. The predicted octanol–water partition coefficient (Wildman–Crippen LogP) is 3.65. The van der Waals surface area contributed by atoms with E-state index in [-0.39, 0.29) is 18.0 Å². The summed E-state index contributed by atoms with van der Waals surface area (Å²) in [7, 11) is 0. The highest BCUT2D eigenvalue weighted by atomic mass is 19.1. The molecule has 3 atom stereocenters. The lowest BCUT2D eigenvalue weighted by molar-refractivity contribution is 0.0929. The smallest absolute Gasteiger partial charge is 0.169 e. The zero-order valence-electron chi connectivity index (χ0n) is 11.9. The van der Waals surface area contributed by atoms with Crippen LogP contribution < -0.4 is 5.32 Å². The van der Waals surface area contributed by atoms with Crippen LogP contribution in [0.1, 0.15) is 32.1 Å². The molecule has 3 rings (SSSR count). The van der Waals surface area contributed by atoms with E-state index < -0.39 is 0 Å². The third-order valence-electron chi connectivity index (χ3n) is 4.11. The molecule has 3 nitrogen and oxygen atoms in total. The number of halogens is 1. The fraction of sp³-hybridized carbons (Fsp3) is 0.500. The number of benzene rings is 1. The van der Waals surface area contributed by atoms with E-state index in [1.165, 1.54) is 6.07 Å². The van der Waals surface area contributed by atoms with E-state index in [0.29, 0.717) is 11.5 Å². The molecule has 0 amide bonds. The highest BCUT2D eigenvalue weighted by Crippen LogP contribution is 2.36. The van der Waals surface area contributed by atoms with E-state index in [1.54, 1.807) is 6.07 Å². The number of rotatable bonds is 4. The van der Waals surface area contributed by atoms with E-state index in [2.05, 4.69) is 19.2 Å². The van der Waals surface area contributed by atoms with Gasteiger partial charge in [-0.25, -0.2) is 4.39 Å². The van der Waals surface area contributed by atoms with Crippen molar-refractivity contribution in [3.8, 4) is 0 Å². The van der Waals surface area contributed by atoms with Crippen molar-refractivity contribution in [1.29, 1.82) is 0 Å². The Hall–Kier alpha value is -1.39. The maximum absolute atomic E-state index is 13.8. The molecule has 2 heterocycles. The van der Waals surface area contributed by atoms with Gasteiger partial charge in [0.05, 0.1) is 12.1 Å². The highest BCUT2D eigenvalue weighted by molar-refractivity contribution is 5.78. The molecular formula is C16H20FNO2. The highest BCUT2D eigenvalue weighted by Gasteiger charge is 2.34. The number of hydrogen-bond acceptors (Lipinski definition) is 3.